The first-order chi connectivity index (χ1) is 30.4. The van der Waals surface area contributed by atoms with Crippen LogP contribution in [0.25, 0.3) is 72.3 Å². The van der Waals surface area contributed by atoms with Gasteiger partial charge in [-0.3, -0.25) is 13.7 Å². The summed E-state index contributed by atoms with van der Waals surface area (Å²) < 4.78 is 13.5. The molecule has 0 bridgehead atoms. The lowest BCUT2D eigenvalue weighted by molar-refractivity contribution is -0.571. The molecule has 5 nitrogen and oxygen atoms in total. The van der Waals surface area contributed by atoms with Crippen LogP contribution in [-0.2, 0) is 5.41 Å². The van der Waals surface area contributed by atoms with Crippen molar-refractivity contribution in [2.45, 2.75) is 59.8 Å². The molecule has 1 atom stereocenters. The maximum atomic E-state index is 6.81. The molecule has 63 heavy (non-hydrogen) atoms. The van der Waals surface area contributed by atoms with Gasteiger partial charge in [0.25, 0.3) is 6.33 Å². The molecule has 3 aromatic heterocycles. The van der Waals surface area contributed by atoms with Gasteiger partial charge in [-0.15, -0.1) is 0 Å². The van der Waals surface area contributed by atoms with Crippen LogP contribution >= 0.6 is 0 Å². The number of aromatic nitrogens is 4. The Morgan fingerprint density at radius 2 is 1.24 bits per heavy atom. The van der Waals surface area contributed by atoms with Crippen LogP contribution in [0.5, 0.6) is 11.5 Å². The molecule has 7 aromatic carbocycles. The number of rotatable bonds is 8. The minimum atomic E-state index is 0.00813. The second-order valence-electron chi connectivity index (χ2n) is 18.8. The average molecular weight is 821 g/mol. The Kier molecular flexibility index (Phi) is 9.87. The number of fused-ring (bicyclic) bond motifs is 4. The molecule has 0 saturated heterocycles. The third-order valence-electron chi connectivity index (χ3n) is 12.7. The van der Waals surface area contributed by atoms with Crippen LogP contribution in [0.4, 0.5) is 0 Å². The second-order valence-corrected chi connectivity index (χ2v) is 18.8. The van der Waals surface area contributed by atoms with Crippen LogP contribution in [0.15, 0.2) is 182 Å². The molecule has 0 radical (unpaired) electrons. The predicted molar refractivity (Wildman–Crippen MR) is 260 cm³/mol. The number of ether oxygens (including phenoxy) is 1. The van der Waals surface area contributed by atoms with Gasteiger partial charge in [0, 0.05) is 23.0 Å². The van der Waals surface area contributed by atoms with E-state index in [9.17, 15) is 0 Å². The van der Waals surface area contributed by atoms with E-state index in [1.807, 2.05) is 12.3 Å². The van der Waals surface area contributed by atoms with E-state index in [0.29, 0.717) is 5.92 Å². The molecule has 5 heteroatoms. The van der Waals surface area contributed by atoms with Crippen LogP contribution in [0, 0.1) is 11.7 Å². The summed E-state index contributed by atoms with van der Waals surface area (Å²) in [5.74, 6) is 2.73. The van der Waals surface area contributed by atoms with Gasteiger partial charge in [0.15, 0.2) is 0 Å². The van der Waals surface area contributed by atoms with Crippen molar-refractivity contribution in [3.63, 3.8) is 0 Å². The molecule has 0 saturated carbocycles. The Morgan fingerprint density at radius 1 is 0.571 bits per heavy atom. The van der Waals surface area contributed by atoms with E-state index in [1.165, 1.54) is 16.5 Å². The summed E-state index contributed by atoms with van der Waals surface area (Å²) in [6.45, 7) is 16.0. The quantitative estimate of drug-likeness (QED) is 0.113. The Bertz CT molecular complexity index is 3230. The van der Waals surface area contributed by atoms with Gasteiger partial charge < -0.3 is 4.74 Å². The molecule has 310 valence electrons. The SMILES string of the molecule is CC(c1ccnc(-n2c3ccc(C(C)(C)C)cc3c3ccc(Oc4cccc(-n5[c-][n+](-c6c(-c7ccccc7)cccc6-c6ccccc6)c6ccccc65)c4)cc32)c1)C(C)(C)C. The van der Waals surface area contributed by atoms with Crippen molar-refractivity contribution in [2.24, 2.45) is 5.41 Å². The molecule has 1 unspecified atom stereocenters. The van der Waals surface area contributed by atoms with Crippen molar-refractivity contribution in [1.29, 1.82) is 0 Å². The van der Waals surface area contributed by atoms with E-state index in [2.05, 4.69) is 238 Å². The lowest BCUT2D eigenvalue weighted by atomic mass is 9.78. The van der Waals surface area contributed by atoms with Crippen LogP contribution < -0.4 is 9.30 Å². The minimum Gasteiger partial charge on any atom is -0.458 e. The molecule has 0 spiro atoms. The zero-order valence-electron chi connectivity index (χ0n) is 37.1. The zero-order valence-corrected chi connectivity index (χ0v) is 37.1. The predicted octanol–water partition coefficient (Wildman–Crippen LogP) is 14.8. The van der Waals surface area contributed by atoms with E-state index >= 15 is 0 Å². The highest BCUT2D eigenvalue weighted by atomic mass is 16.5. The third-order valence-corrected chi connectivity index (χ3v) is 12.7. The molecular weight excluding hydrogens is 769 g/mol. The summed E-state index contributed by atoms with van der Waals surface area (Å²) in [6.07, 6.45) is 5.76. The Hall–Kier alpha value is -7.24. The number of benzene rings is 7. The first-order valence-corrected chi connectivity index (χ1v) is 21.9. The first-order valence-electron chi connectivity index (χ1n) is 21.9. The fourth-order valence-corrected chi connectivity index (χ4v) is 8.83. The monoisotopic (exact) mass is 820 g/mol. The van der Waals surface area contributed by atoms with Gasteiger partial charge in [-0.2, -0.15) is 0 Å². The van der Waals surface area contributed by atoms with Crippen molar-refractivity contribution in [3.8, 4) is 50.9 Å². The molecule has 10 rings (SSSR count). The maximum Gasteiger partial charge on any atom is 0.269 e. The van der Waals surface area contributed by atoms with Gasteiger partial charge in [-0.1, -0.05) is 164 Å². The minimum absolute atomic E-state index is 0.00813. The zero-order chi connectivity index (χ0) is 43.5. The number of hydrogen-bond donors (Lipinski definition) is 0. The largest absolute Gasteiger partial charge is 0.458 e. The Labute approximate surface area is 370 Å². The van der Waals surface area contributed by atoms with E-state index < -0.39 is 0 Å². The van der Waals surface area contributed by atoms with Crippen LogP contribution in [0.1, 0.15) is 65.5 Å². The summed E-state index contributed by atoms with van der Waals surface area (Å²) in [5, 5.41) is 2.37. The lowest BCUT2D eigenvalue weighted by Crippen LogP contribution is -2.31. The molecule has 0 aliphatic rings. The second kappa shape index (κ2) is 15.6. The molecule has 10 aromatic rings. The van der Waals surface area contributed by atoms with Crippen molar-refractivity contribution in [3.05, 3.63) is 200 Å². The molecule has 0 amide bonds. The number of pyridine rings is 1. The molecule has 0 aliphatic heterocycles. The molecule has 0 aliphatic carbocycles. The topological polar surface area (TPSA) is 35.9 Å². The average Bonchev–Trinajstić information content (AvgIpc) is 3.84. The fourth-order valence-electron chi connectivity index (χ4n) is 8.83. The van der Waals surface area contributed by atoms with Gasteiger partial charge >= 0.3 is 0 Å². The van der Waals surface area contributed by atoms with Gasteiger partial charge in [0.1, 0.15) is 17.3 Å². The normalized spacial score (nSPS) is 12.6. The third kappa shape index (κ3) is 7.38. The number of hydrogen-bond acceptors (Lipinski definition) is 2. The summed E-state index contributed by atoms with van der Waals surface area (Å²) in [5.41, 5.74) is 13.5. The van der Waals surface area contributed by atoms with E-state index in [4.69, 9.17) is 9.72 Å². The molecular formula is C58H52N4O. The highest BCUT2D eigenvalue weighted by molar-refractivity contribution is 6.09. The Morgan fingerprint density at radius 3 is 1.94 bits per heavy atom. The molecule has 0 fully saturated rings. The highest BCUT2D eigenvalue weighted by Gasteiger charge is 2.24. The van der Waals surface area contributed by atoms with Crippen molar-refractivity contribution < 1.29 is 9.30 Å². The van der Waals surface area contributed by atoms with E-state index in [1.54, 1.807) is 0 Å². The lowest BCUT2D eigenvalue weighted by Gasteiger charge is -2.27. The van der Waals surface area contributed by atoms with Crippen LogP contribution in [-0.4, -0.2) is 14.1 Å². The van der Waals surface area contributed by atoms with Crippen molar-refractivity contribution >= 4 is 32.8 Å². The van der Waals surface area contributed by atoms with Gasteiger partial charge in [0.2, 0.25) is 0 Å². The molecule has 0 N–H and O–H groups in total. The van der Waals surface area contributed by atoms with E-state index in [-0.39, 0.29) is 10.8 Å². The smallest absolute Gasteiger partial charge is 0.269 e. The number of imidazole rings is 1. The van der Waals surface area contributed by atoms with E-state index in [0.717, 1.165) is 78.4 Å². The van der Waals surface area contributed by atoms with Crippen molar-refractivity contribution in [2.75, 3.05) is 0 Å². The van der Waals surface area contributed by atoms with Crippen molar-refractivity contribution in [1.82, 2.24) is 14.1 Å². The summed E-state index contributed by atoms with van der Waals surface area (Å²) >= 11 is 0. The van der Waals surface area contributed by atoms with Crippen LogP contribution in [0.3, 0.4) is 0 Å². The fraction of sp³-hybridized carbons (Fsp3) is 0.172. The highest BCUT2D eigenvalue weighted by Crippen LogP contribution is 2.40. The standard InChI is InChI=1S/C58H52N4O/c1-39(57(2,3)4)42-32-33-59-55(34-42)62-51-31-28-43(58(5,6)7)35-50(51)49-30-29-46(37-54(49)62)63-45-23-16-22-44(36-45)60-38-61(53-27-15-14-26-52(53)60)56-47(40-18-10-8-11-19-40)24-17-25-48(56)41-20-12-9-13-21-41/h8-37,39H,1-7H3. The number of nitrogens with zero attached hydrogens (tertiary/aromatic N) is 4. The summed E-state index contributed by atoms with van der Waals surface area (Å²) in [6, 6.07) is 62.3. The Balaban J connectivity index is 1.09. The summed E-state index contributed by atoms with van der Waals surface area (Å²) in [7, 11) is 0. The van der Waals surface area contributed by atoms with Gasteiger partial charge in [-0.25, -0.2) is 4.98 Å². The van der Waals surface area contributed by atoms with Crippen LogP contribution in [0.2, 0.25) is 0 Å². The summed E-state index contributed by atoms with van der Waals surface area (Å²) in [4.78, 5) is 4.98. The van der Waals surface area contributed by atoms with Gasteiger partial charge in [-0.05, 0) is 105 Å². The van der Waals surface area contributed by atoms with Gasteiger partial charge in [0.05, 0.1) is 33.4 Å². The molecule has 3 heterocycles. The maximum absolute atomic E-state index is 6.81. The first kappa shape index (κ1) is 39.9. The number of para-hydroxylation sites is 3.